The minimum absolute atomic E-state index is 0.288. The molecule has 1 rings (SSSR count). The van der Waals surface area contributed by atoms with Crippen molar-refractivity contribution in [1.29, 1.82) is 0 Å². The molecule has 0 aromatic rings. The highest BCUT2D eigenvalue weighted by atomic mass is 16.5. The van der Waals surface area contributed by atoms with Gasteiger partial charge in [-0.05, 0) is 17.3 Å². The minimum Gasteiger partial charge on any atom is -0.285 e. The lowest BCUT2D eigenvalue weighted by Crippen LogP contribution is -2.11. The summed E-state index contributed by atoms with van der Waals surface area (Å²) in [5.41, 5.74) is 0.930. The zero-order valence-corrected chi connectivity index (χ0v) is 8.56. The van der Waals surface area contributed by atoms with Gasteiger partial charge in [0.25, 0.3) is 0 Å². The average Bonchev–Trinajstić information content (AvgIpc) is 2.07. The smallest absolute Gasteiger partial charge is 0.0975 e. The predicted molar refractivity (Wildman–Crippen MR) is 54.2 cm³/mol. The van der Waals surface area contributed by atoms with Crippen molar-refractivity contribution in [2.24, 2.45) is 10.6 Å². The van der Waals surface area contributed by atoms with Crippen LogP contribution in [0.25, 0.3) is 0 Å². The zero-order chi connectivity index (χ0) is 10.8. The summed E-state index contributed by atoms with van der Waals surface area (Å²) < 4.78 is 0. The second kappa shape index (κ2) is 3.75. The Balaban J connectivity index is 3.09. The molecule has 0 saturated heterocycles. The molecule has 76 valence electrons. The van der Waals surface area contributed by atoms with Gasteiger partial charge in [0.15, 0.2) is 0 Å². The fourth-order valence-electron chi connectivity index (χ4n) is 1.20. The highest BCUT2D eigenvalue weighted by molar-refractivity contribution is 5.39. The minimum atomic E-state index is -0.288. The molecule has 0 fully saturated rings. The molecular formula is C10H14N2O2. The van der Waals surface area contributed by atoms with Crippen LogP contribution in [0.5, 0.6) is 0 Å². The maximum atomic E-state index is 10.7. The largest absolute Gasteiger partial charge is 0.285 e. The van der Waals surface area contributed by atoms with Gasteiger partial charge < -0.3 is 0 Å². The van der Waals surface area contributed by atoms with Crippen molar-refractivity contribution in [1.82, 2.24) is 5.06 Å². The summed E-state index contributed by atoms with van der Waals surface area (Å²) in [6.45, 7) is 5.76. The number of nitrogens with zero attached hydrogens (tertiary/aromatic N) is 2. The highest BCUT2D eigenvalue weighted by Gasteiger charge is 2.21. The zero-order valence-electron chi connectivity index (χ0n) is 8.56. The standard InChI is InChI=1S/C10H14N2O2/c1-10(2,3)9(11-13)8-4-6-12(14)7-5-8/h4-7,14H,1-3H3. The van der Waals surface area contributed by atoms with Crippen LogP contribution in [0.3, 0.4) is 0 Å². The maximum Gasteiger partial charge on any atom is 0.0975 e. The number of hydrogen-bond acceptors (Lipinski definition) is 4. The third-order valence-electron chi connectivity index (χ3n) is 1.89. The van der Waals surface area contributed by atoms with Gasteiger partial charge in [-0.2, -0.15) is 0 Å². The number of hydrogen-bond donors (Lipinski definition) is 1. The van der Waals surface area contributed by atoms with Crippen molar-refractivity contribution in [3.05, 3.63) is 40.7 Å². The lowest BCUT2D eigenvalue weighted by Gasteiger charge is -2.20. The van der Waals surface area contributed by atoms with Gasteiger partial charge in [0, 0.05) is 23.4 Å². The van der Waals surface area contributed by atoms with Crippen molar-refractivity contribution in [2.75, 3.05) is 0 Å². The predicted octanol–water partition coefficient (Wildman–Crippen LogP) is 2.79. The van der Waals surface area contributed by atoms with E-state index in [-0.39, 0.29) is 5.41 Å². The summed E-state index contributed by atoms with van der Waals surface area (Å²) in [5, 5.41) is 13.0. The summed E-state index contributed by atoms with van der Waals surface area (Å²) in [6, 6.07) is 0. The van der Waals surface area contributed by atoms with E-state index in [1.54, 1.807) is 12.2 Å². The Bertz CT molecular complexity index is 306. The van der Waals surface area contributed by atoms with E-state index in [0.717, 1.165) is 10.6 Å². The normalized spacial score (nSPS) is 16.0. The van der Waals surface area contributed by atoms with Crippen LogP contribution < -0.4 is 0 Å². The van der Waals surface area contributed by atoms with E-state index in [0.29, 0.717) is 5.70 Å². The van der Waals surface area contributed by atoms with Gasteiger partial charge in [-0.15, -0.1) is 4.91 Å². The Morgan fingerprint density at radius 2 is 1.86 bits per heavy atom. The molecule has 0 aromatic heterocycles. The van der Waals surface area contributed by atoms with E-state index < -0.39 is 0 Å². The van der Waals surface area contributed by atoms with E-state index in [1.807, 2.05) is 20.8 Å². The summed E-state index contributed by atoms with van der Waals surface area (Å²) in [4.78, 5) is 10.7. The molecule has 0 bridgehead atoms. The Kier molecular flexibility index (Phi) is 2.86. The molecule has 0 unspecified atom stereocenters. The molecule has 1 aliphatic heterocycles. The summed E-state index contributed by atoms with van der Waals surface area (Å²) in [7, 11) is 0. The van der Waals surface area contributed by atoms with Crippen molar-refractivity contribution in [3.63, 3.8) is 0 Å². The number of rotatable bonds is 1. The Morgan fingerprint density at radius 3 is 2.21 bits per heavy atom. The lowest BCUT2D eigenvalue weighted by molar-refractivity contribution is 0.0104. The summed E-state index contributed by atoms with van der Waals surface area (Å²) >= 11 is 0. The third kappa shape index (κ3) is 2.29. The van der Waals surface area contributed by atoms with E-state index in [1.165, 1.54) is 12.4 Å². The Labute approximate surface area is 83.2 Å². The van der Waals surface area contributed by atoms with Gasteiger partial charge in [-0.1, -0.05) is 20.8 Å². The SMILES string of the molecule is CC(C)(C)C(N=O)=C1C=CN(O)C=C1. The van der Waals surface area contributed by atoms with Crippen molar-refractivity contribution in [2.45, 2.75) is 20.8 Å². The second-order valence-electron chi connectivity index (χ2n) is 4.16. The second-order valence-corrected chi connectivity index (χ2v) is 4.16. The molecular weight excluding hydrogens is 180 g/mol. The van der Waals surface area contributed by atoms with Crippen molar-refractivity contribution >= 4 is 0 Å². The summed E-state index contributed by atoms with van der Waals surface area (Å²) in [5.74, 6) is 0. The highest BCUT2D eigenvalue weighted by Crippen LogP contribution is 2.30. The first-order valence-corrected chi connectivity index (χ1v) is 4.37. The summed E-state index contributed by atoms with van der Waals surface area (Å²) in [6.07, 6.45) is 6.24. The van der Waals surface area contributed by atoms with Gasteiger partial charge >= 0.3 is 0 Å². The molecule has 4 nitrogen and oxygen atoms in total. The quantitative estimate of drug-likeness (QED) is 0.653. The average molecular weight is 194 g/mol. The first-order chi connectivity index (χ1) is 6.45. The molecule has 1 N–H and O–H groups in total. The number of nitroso groups, excluding NO2 is 1. The molecule has 1 heterocycles. The van der Waals surface area contributed by atoms with Crippen LogP contribution in [0.15, 0.2) is 41.0 Å². The molecule has 0 atom stereocenters. The maximum absolute atomic E-state index is 10.7. The molecule has 14 heavy (non-hydrogen) atoms. The Hall–Kier alpha value is -1.42. The fraction of sp³-hybridized carbons (Fsp3) is 0.400. The van der Waals surface area contributed by atoms with Gasteiger partial charge in [-0.3, -0.25) is 5.21 Å². The van der Waals surface area contributed by atoms with Crippen LogP contribution in [0.2, 0.25) is 0 Å². The van der Waals surface area contributed by atoms with Crippen LogP contribution in [0.4, 0.5) is 0 Å². The van der Waals surface area contributed by atoms with Crippen LogP contribution in [-0.2, 0) is 0 Å². The van der Waals surface area contributed by atoms with Gasteiger partial charge in [0.05, 0.1) is 5.70 Å². The van der Waals surface area contributed by atoms with E-state index >= 15 is 0 Å². The van der Waals surface area contributed by atoms with Crippen LogP contribution in [-0.4, -0.2) is 10.3 Å². The van der Waals surface area contributed by atoms with Gasteiger partial charge in [0.2, 0.25) is 0 Å². The first-order valence-electron chi connectivity index (χ1n) is 4.37. The fourth-order valence-corrected chi connectivity index (χ4v) is 1.20. The Morgan fingerprint density at radius 1 is 1.36 bits per heavy atom. The topological polar surface area (TPSA) is 52.9 Å². The van der Waals surface area contributed by atoms with E-state index in [4.69, 9.17) is 5.21 Å². The van der Waals surface area contributed by atoms with Crippen LogP contribution >= 0.6 is 0 Å². The monoisotopic (exact) mass is 194 g/mol. The van der Waals surface area contributed by atoms with E-state index in [2.05, 4.69) is 5.18 Å². The molecule has 1 aliphatic rings. The molecule has 0 saturated carbocycles. The third-order valence-corrected chi connectivity index (χ3v) is 1.89. The van der Waals surface area contributed by atoms with Gasteiger partial charge in [0.1, 0.15) is 0 Å². The van der Waals surface area contributed by atoms with Crippen LogP contribution in [0, 0.1) is 10.3 Å². The van der Waals surface area contributed by atoms with Gasteiger partial charge in [-0.25, -0.2) is 5.06 Å². The molecule has 4 heteroatoms. The van der Waals surface area contributed by atoms with Crippen LogP contribution in [0.1, 0.15) is 20.8 Å². The number of allylic oxidation sites excluding steroid dienone is 4. The molecule has 0 spiro atoms. The number of hydroxylamine groups is 2. The first kappa shape index (κ1) is 10.7. The molecule has 0 aliphatic carbocycles. The lowest BCUT2D eigenvalue weighted by atomic mass is 9.88. The van der Waals surface area contributed by atoms with Crippen molar-refractivity contribution < 1.29 is 5.21 Å². The van der Waals surface area contributed by atoms with Crippen molar-refractivity contribution in [3.8, 4) is 0 Å². The molecule has 0 amide bonds. The van der Waals surface area contributed by atoms with E-state index in [9.17, 15) is 4.91 Å². The molecule has 0 radical (unpaired) electrons. The molecule has 0 aromatic carbocycles.